The van der Waals surface area contributed by atoms with Gasteiger partial charge >= 0.3 is 0 Å². The number of nitrogens with zero attached hydrogens (tertiary/aromatic N) is 4. The van der Waals surface area contributed by atoms with E-state index in [0.29, 0.717) is 18.4 Å². The SMILES string of the molecule is Cc1ccc(-c2csc3ncn(CCC(=O)N4CCCN(C)CC4)c(=O)c23)cc1. The second kappa shape index (κ2) is 8.47. The van der Waals surface area contributed by atoms with Gasteiger partial charge in [0, 0.05) is 43.5 Å². The highest BCUT2D eigenvalue weighted by atomic mass is 32.1. The zero-order valence-corrected chi connectivity index (χ0v) is 17.7. The van der Waals surface area contributed by atoms with E-state index in [1.54, 1.807) is 10.9 Å². The van der Waals surface area contributed by atoms with Gasteiger partial charge in [-0.25, -0.2) is 4.98 Å². The minimum Gasteiger partial charge on any atom is -0.341 e. The van der Waals surface area contributed by atoms with Crippen molar-refractivity contribution >= 4 is 27.5 Å². The molecule has 2 aromatic heterocycles. The highest BCUT2D eigenvalue weighted by molar-refractivity contribution is 7.17. The van der Waals surface area contributed by atoms with Crippen LogP contribution in [0.1, 0.15) is 18.4 Å². The van der Waals surface area contributed by atoms with E-state index in [2.05, 4.69) is 16.9 Å². The van der Waals surface area contributed by atoms with E-state index in [4.69, 9.17) is 0 Å². The van der Waals surface area contributed by atoms with E-state index in [1.807, 2.05) is 41.5 Å². The second-order valence-corrected chi connectivity index (χ2v) is 8.58. The van der Waals surface area contributed by atoms with Crippen LogP contribution in [-0.4, -0.2) is 58.5 Å². The Morgan fingerprint density at radius 2 is 1.93 bits per heavy atom. The lowest BCUT2D eigenvalue weighted by molar-refractivity contribution is -0.131. The molecular formula is C22H26N4O2S. The van der Waals surface area contributed by atoms with Gasteiger partial charge in [-0.1, -0.05) is 29.8 Å². The third-order valence-electron chi connectivity index (χ3n) is 5.56. The first-order chi connectivity index (χ1) is 14.0. The topological polar surface area (TPSA) is 58.4 Å². The van der Waals surface area contributed by atoms with Gasteiger partial charge in [-0.2, -0.15) is 0 Å². The number of likely N-dealkylation sites (N-methyl/N-ethyl adjacent to an activating group) is 1. The zero-order valence-electron chi connectivity index (χ0n) is 16.9. The maximum absolute atomic E-state index is 13.1. The van der Waals surface area contributed by atoms with Crippen LogP contribution in [0.5, 0.6) is 0 Å². The molecule has 6 nitrogen and oxygen atoms in total. The fourth-order valence-electron chi connectivity index (χ4n) is 3.74. The molecule has 3 heterocycles. The standard InChI is InChI=1S/C22H26N4O2S/c1-16-4-6-17(7-5-16)18-14-29-21-20(18)22(28)26(15-23-21)11-8-19(27)25-10-3-9-24(2)12-13-25/h4-7,14-15H,3,8-13H2,1-2H3. The molecule has 1 saturated heterocycles. The smallest absolute Gasteiger partial charge is 0.262 e. The molecule has 0 N–H and O–H groups in total. The first kappa shape index (κ1) is 19.8. The molecule has 0 saturated carbocycles. The minimum atomic E-state index is -0.0739. The Balaban J connectivity index is 1.54. The molecule has 1 aromatic carbocycles. The molecule has 0 spiro atoms. The largest absolute Gasteiger partial charge is 0.341 e. The molecular weight excluding hydrogens is 384 g/mol. The molecule has 0 atom stereocenters. The third-order valence-corrected chi connectivity index (χ3v) is 6.45. The maximum atomic E-state index is 13.1. The van der Waals surface area contributed by atoms with E-state index in [-0.39, 0.29) is 11.5 Å². The molecule has 1 fully saturated rings. The Morgan fingerprint density at radius 1 is 1.14 bits per heavy atom. The summed E-state index contributed by atoms with van der Waals surface area (Å²) in [6.07, 6.45) is 2.88. The molecule has 0 aliphatic carbocycles. The van der Waals surface area contributed by atoms with Gasteiger partial charge < -0.3 is 9.80 Å². The van der Waals surface area contributed by atoms with Crippen molar-refractivity contribution in [1.29, 1.82) is 0 Å². The predicted octanol–water partition coefficient (Wildman–Crippen LogP) is 2.99. The number of carbonyl (C=O) groups excluding carboxylic acids is 1. The van der Waals surface area contributed by atoms with Crippen molar-refractivity contribution in [3.05, 3.63) is 51.9 Å². The Labute approximate surface area is 174 Å². The molecule has 1 amide bonds. The van der Waals surface area contributed by atoms with Crippen LogP contribution in [0.25, 0.3) is 21.3 Å². The van der Waals surface area contributed by atoms with Gasteiger partial charge in [0.25, 0.3) is 5.56 Å². The van der Waals surface area contributed by atoms with E-state index < -0.39 is 0 Å². The van der Waals surface area contributed by atoms with Crippen molar-refractivity contribution < 1.29 is 4.79 Å². The zero-order chi connectivity index (χ0) is 20.4. The van der Waals surface area contributed by atoms with Gasteiger partial charge in [0.1, 0.15) is 4.83 Å². The van der Waals surface area contributed by atoms with Crippen molar-refractivity contribution in [2.45, 2.75) is 26.3 Å². The van der Waals surface area contributed by atoms with E-state index >= 15 is 0 Å². The molecule has 7 heteroatoms. The number of thiophene rings is 1. The highest BCUT2D eigenvalue weighted by Crippen LogP contribution is 2.30. The van der Waals surface area contributed by atoms with Crippen LogP contribution in [0.4, 0.5) is 0 Å². The Bertz CT molecular complexity index is 1070. The van der Waals surface area contributed by atoms with Gasteiger partial charge in [-0.15, -0.1) is 11.3 Å². The number of hydrogen-bond acceptors (Lipinski definition) is 5. The molecule has 1 aliphatic rings. The number of carbonyl (C=O) groups is 1. The average molecular weight is 411 g/mol. The van der Waals surface area contributed by atoms with Crippen LogP contribution >= 0.6 is 11.3 Å². The molecule has 0 bridgehead atoms. The van der Waals surface area contributed by atoms with Crippen LogP contribution in [0, 0.1) is 6.92 Å². The number of benzene rings is 1. The minimum absolute atomic E-state index is 0.0739. The summed E-state index contributed by atoms with van der Waals surface area (Å²) in [5.41, 5.74) is 3.04. The summed E-state index contributed by atoms with van der Waals surface area (Å²) in [7, 11) is 2.08. The summed E-state index contributed by atoms with van der Waals surface area (Å²) in [5.74, 6) is 0.108. The second-order valence-electron chi connectivity index (χ2n) is 7.73. The predicted molar refractivity (Wildman–Crippen MR) is 117 cm³/mol. The Hall–Kier alpha value is -2.51. The number of aromatic nitrogens is 2. The van der Waals surface area contributed by atoms with Gasteiger partial charge in [0.05, 0.1) is 11.7 Å². The third kappa shape index (κ3) is 4.26. The molecule has 1 aliphatic heterocycles. The quantitative estimate of drug-likeness (QED) is 0.664. The summed E-state index contributed by atoms with van der Waals surface area (Å²) in [6.45, 7) is 5.86. The Morgan fingerprint density at radius 3 is 2.72 bits per heavy atom. The lowest BCUT2D eigenvalue weighted by atomic mass is 10.1. The lowest BCUT2D eigenvalue weighted by Crippen LogP contribution is -2.35. The van der Waals surface area contributed by atoms with Crippen LogP contribution in [0.3, 0.4) is 0 Å². The fourth-order valence-corrected chi connectivity index (χ4v) is 4.65. The number of rotatable bonds is 4. The normalized spacial score (nSPS) is 15.6. The molecule has 0 radical (unpaired) electrons. The van der Waals surface area contributed by atoms with Crippen LogP contribution < -0.4 is 5.56 Å². The van der Waals surface area contributed by atoms with E-state index in [9.17, 15) is 9.59 Å². The fraction of sp³-hybridized carbons (Fsp3) is 0.409. The molecule has 0 unspecified atom stereocenters. The first-order valence-electron chi connectivity index (χ1n) is 10.0. The summed E-state index contributed by atoms with van der Waals surface area (Å²) in [6, 6.07) is 8.16. The number of hydrogen-bond donors (Lipinski definition) is 0. The van der Waals surface area contributed by atoms with E-state index in [0.717, 1.165) is 48.6 Å². The highest BCUT2D eigenvalue weighted by Gasteiger charge is 2.18. The summed E-state index contributed by atoms with van der Waals surface area (Å²) < 4.78 is 1.58. The molecule has 3 aromatic rings. The van der Waals surface area contributed by atoms with Gasteiger partial charge in [0.2, 0.25) is 5.91 Å². The van der Waals surface area contributed by atoms with Crippen molar-refractivity contribution in [2.24, 2.45) is 0 Å². The number of amides is 1. The number of fused-ring (bicyclic) bond motifs is 1. The van der Waals surface area contributed by atoms with Gasteiger partial charge in [0.15, 0.2) is 0 Å². The monoisotopic (exact) mass is 410 g/mol. The van der Waals surface area contributed by atoms with Crippen molar-refractivity contribution in [3.63, 3.8) is 0 Å². The van der Waals surface area contributed by atoms with Crippen LogP contribution in [0.2, 0.25) is 0 Å². The van der Waals surface area contributed by atoms with Crippen molar-refractivity contribution in [1.82, 2.24) is 19.4 Å². The summed E-state index contributed by atoms with van der Waals surface area (Å²) >= 11 is 1.48. The number of aryl methyl sites for hydroxylation is 2. The Kier molecular flexibility index (Phi) is 5.78. The molecule has 4 rings (SSSR count). The maximum Gasteiger partial charge on any atom is 0.262 e. The first-order valence-corrected chi connectivity index (χ1v) is 10.9. The van der Waals surface area contributed by atoms with Crippen molar-refractivity contribution in [3.8, 4) is 11.1 Å². The van der Waals surface area contributed by atoms with Crippen LogP contribution in [0.15, 0.2) is 40.8 Å². The van der Waals surface area contributed by atoms with Gasteiger partial charge in [-0.3, -0.25) is 14.2 Å². The average Bonchev–Trinajstić information content (AvgIpc) is 3.03. The van der Waals surface area contributed by atoms with Gasteiger partial charge in [-0.05, 0) is 32.5 Å². The molecule has 152 valence electrons. The molecule has 29 heavy (non-hydrogen) atoms. The van der Waals surface area contributed by atoms with Crippen LogP contribution in [-0.2, 0) is 11.3 Å². The van der Waals surface area contributed by atoms with Crippen molar-refractivity contribution in [2.75, 3.05) is 33.2 Å². The lowest BCUT2D eigenvalue weighted by Gasteiger charge is -2.20. The summed E-state index contributed by atoms with van der Waals surface area (Å²) in [5, 5.41) is 2.64. The summed E-state index contributed by atoms with van der Waals surface area (Å²) in [4.78, 5) is 35.2. The van der Waals surface area contributed by atoms with E-state index in [1.165, 1.54) is 16.9 Å².